The number of nitrogens with zero attached hydrogens (tertiary/aromatic N) is 2. The molecule has 2 aromatic rings. The van der Waals surface area contributed by atoms with Gasteiger partial charge in [-0.1, -0.05) is 0 Å². The third kappa shape index (κ3) is 2.26. The predicted molar refractivity (Wildman–Crippen MR) is 66.0 cm³/mol. The number of rotatable bonds is 2. The first-order valence-corrected chi connectivity index (χ1v) is 5.77. The Morgan fingerprint density at radius 2 is 1.61 bits per heavy atom. The Balaban J connectivity index is 2.94. The van der Waals surface area contributed by atoms with Crippen LogP contribution in [0.1, 0.15) is 16.1 Å². The summed E-state index contributed by atoms with van der Waals surface area (Å²) in [5.41, 5.74) is 2.36. The Morgan fingerprint density at radius 1 is 1.13 bits per heavy atom. The van der Waals surface area contributed by atoms with Crippen LogP contribution in [0.4, 0.5) is 27.6 Å². The van der Waals surface area contributed by atoms with Gasteiger partial charge in [0.05, 0.1) is 18.4 Å². The number of nitriles is 1. The van der Waals surface area contributed by atoms with Crippen LogP contribution in [0, 0.1) is 40.4 Å². The number of carbonyl (C=O) groups is 1. The van der Waals surface area contributed by atoms with Crippen molar-refractivity contribution in [3.8, 4) is 11.8 Å². The van der Waals surface area contributed by atoms with Crippen molar-refractivity contribution < 1.29 is 31.5 Å². The number of nitrogen functional groups attached to an aromatic ring is 1. The number of nitrogens with two attached hydrogens (primary N) is 1. The molecule has 1 aromatic heterocycles. The summed E-state index contributed by atoms with van der Waals surface area (Å²) in [7, 11) is 0.906. The topological polar surface area (TPSA) is 81.0 Å². The second-order valence-corrected chi connectivity index (χ2v) is 4.20. The molecule has 0 saturated heterocycles. The molecule has 0 aliphatic heterocycles. The third-order valence-electron chi connectivity index (χ3n) is 2.97. The molecule has 0 spiro atoms. The number of methoxy groups -OCH3 is 1. The first kappa shape index (κ1) is 16.3. The van der Waals surface area contributed by atoms with Gasteiger partial charge in [-0.3, -0.25) is 0 Å². The van der Waals surface area contributed by atoms with E-state index in [1.807, 2.05) is 0 Å². The van der Waals surface area contributed by atoms with E-state index >= 15 is 0 Å². The average molecular weight is 331 g/mol. The molecule has 120 valence electrons. The zero-order valence-electron chi connectivity index (χ0n) is 11.3. The Morgan fingerprint density at radius 3 is 2.04 bits per heavy atom. The molecule has 1 heterocycles. The van der Waals surface area contributed by atoms with Crippen molar-refractivity contribution in [2.75, 3.05) is 12.8 Å². The molecule has 5 nitrogen and oxygen atoms in total. The number of halogens is 5. The first-order valence-electron chi connectivity index (χ1n) is 5.77. The number of benzene rings is 1. The number of esters is 1. The normalized spacial score (nSPS) is 10.5. The molecule has 1 aromatic carbocycles. The first-order chi connectivity index (χ1) is 10.8. The quantitative estimate of drug-likeness (QED) is 0.397. The number of aromatic nitrogens is 1. The summed E-state index contributed by atoms with van der Waals surface area (Å²) < 4.78 is 72.1. The van der Waals surface area contributed by atoms with Gasteiger partial charge < -0.3 is 15.0 Å². The van der Waals surface area contributed by atoms with Gasteiger partial charge in [0.25, 0.3) is 0 Å². The van der Waals surface area contributed by atoms with Gasteiger partial charge >= 0.3 is 5.97 Å². The van der Waals surface area contributed by atoms with Gasteiger partial charge in [0.2, 0.25) is 5.82 Å². The molecule has 0 unspecified atom stereocenters. The number of anilines is 1. The largest absolute Gasteiger partial charge is 0.464 e. The fourth-order valence-electron chi connectivity index (χ4n) is 1.90. The van der Waals surface area contributed by atoms with Gasteiger partial charge in [0, 0.05) is 6.20 Å². The minimum Gasteiger partial charge on any atom is -0.464 e. The lowest BCUT2D eigenvalue weighted by Gasteiger charge is -2.12. The lowest BCUT2D eigenvalue weighted by molar-refractivity contribution is 0.0592. The molecule has 0 aliphatic carbocycles. The molecule has 23 heavy (non-hydrogen) atoms. The van der Waals surface area contributed by atoms with Crippen LogP contribution in [0.15, 0.2) is 6.20 Å². The molecule has 0 aliphatic rings. The van der Waals surface area contributed by atoms with Crippen molar-refractivity contribution in [1.82, 2.24) is 4.57 Å². The molecule has 0 saturated carbocycles. The van der Waals surface area contributed by atoms with Gasteiger partial charge in [-0.05, 0) is 0 Å². The fourth-order valence-corrected chi connectivity index (χ4v) is 1.90. The number of ether oxygens (including phenoxy) is 1. The van der Waals surface area contributed by atoms with Crippen molar-refractivity contribution in [3.63, 3.8) is 0 Å². The summed E-state index contributed by atoms with van der Waals surface area (Å²) in [4.78, 5) is 11.7. The highest BCUT2D eigenvalue weighted by Crippen LogP contribution is 2.31. The fraction of sp³-hybridized carbons (Fsp3) is 0.0769. The molecule has 0 fully saturated rings. The van der Waals surface area contributed by atoms with E-state index in [1.54, 1.807) is 0 Å². The maximum Gasteiger partial charge on any atom is 0.357 e. The van der Waals surface area contributed by atoms with Gasteiger partial charge in [-0.2, -0.15) is 5.26 Å². The molecule has 0 atom stereocenters. The van der Waals surface area contributed by atoms with Crippen LogP contribution in [0.25, 0.3) is 5.69 Å². The second-order valence-electron chi connectivity index (χ2n) is 4.20. The Labute approximate surface area is 125 Å². The predicted octanol–water partition coefficient (Wildman–Crippen LogP) is 2.41. The van der Waals surface area contributed by atoms with E-state index in [0.29, 0.717) is 6.20 Å². The highest BCUT2D eigenvalue weighted by atomic mass is 19.2. The SMILES string of the molecule is COC(=O)c1c(N)c(C#N)cn1-c1c(F)c(F)c(F)c(F)c1F. The summed E-state index contributed by atoms with van der Waals surface area (Å²) in [6.45, 7) is 0. The lowest BCUT2D eigenvalue weighted by atomic mass is 10.2. The summed E-state index contributed by atoms with van der Waals surface area (Å²) in [5.74, 6) is -12.4. The van der Waals surface area contributed by atoms with Crippen LogP contribution in [0.2, 0.25) is 0 Å². The second kappa shape index (κ2) is 5.60. The van der Waals surface area contributed by atoms with Crippen LogP contribution in [0.3, 0.4) is 0 Å². The summed E-state index contributed by atoms with van der Waals surface area (Å²) in [6.07, 6.45) is 0.667. The smallest absolute Gasteiger partial charge is 0.357 e. The van der Waals surface area contributed by atoms with E-state index in [1.165, 1.54) is 6.07 Å². The van der Waals surface area contributed by atoms with Crippen molar-refractivity contribution in [2.24, 2.45) is 0 Å². The zero-order valence-corrected chi connectivity index (χ0v) is 11.3. The van der Waals surface area contributed by atoms with Crippen LogP contribution in [-0.2, 0) is 4.74 Å². The number of carbonyl (C=O) groups excluding carboxylic acids is 1. The summed E-state index contributed by atoms with van der Waals surface area (Å²) in [5, 5.41) is 8.86. The van der Waals surface area contributed by atoms with E-state index in [4.69, 9.17) is 11.0 Å². The molecule has 2 N–H and O–H groups in total. The number of hydrogen-bond acceptors (Lipinski definition) is 4. The van der Waals surface area contributed by atoms with Crippen molar-refractivity contribution in [2.45, 2.75) is 0 Å². The number of hydrogen-bond donors (Lipinski definition) is 1. The molecule has 0 bridgehead atoms. The molecular formula is C13H6F5N3O2. The molecule has 0 amide bonds. The van der Waals surface area contributed by atoms with Crippen molar-refractivity contribution >= 4 is 11.7 Å². The van der Waals surface area contributed by atoms with Gasteiger partial charge in [0.15, 0.2) is 29.0 Å². The van der Waals surface area contributed by atoms with Crippen molar-refractivity contribution in [1.29, 1.82) is 5.26 Å². The van der Waals surface area contributed by atoms with Gasteiger partial charge in [0.1, 0.15) is 11.8 Å². The van der Waals surface area contributed by atoms with Crippen LogP contribution in [0.5, 0.6) is 0 Å². The maximum atomic E-state index is 13.9. The zero-order chi connectivity index (χ0) is 17.5. The monoisotopic (exact) mass is 331 g/mol. The van der Waals surface area contributed by atoms with Gasteiger partial charge in [-0.25, -0.2) is 26.7 Å². The minimum atomic E-state index is -2.36. The van der Waals surface area contributed by atoms with E-state index < -0.39 is 57.7 Å². The average Bonchev–Trinajstić information content (AvgIpc) is 2.87. The van der Waals surface area contributed by atoms with Crippen molar-refractivity contribution in [3.05, 3.63) is 46.5 Å². The molecular weight excluding hydrogens is 325 g/mol. The molecule has 0 radical (unpaired) electrons. The Kier molecular flexibility index (Phi) is 3.97. The highest BCUT2D eigenvalue weighted by Gasteiger charge is 2.31. The van der Waals surface area contributed by atoms with E-state index in [-0.39, 0.29) is 4.57 Å². The minimum absolute atomic E-state index is 0.288. The standard InChI is InChI=1S/C13H6F5N3O2/c1-23-13(22)12-10(20)4(2-19)3-21(12)11-8(17)6(15)5(14)7(16)9(11)18/h3H,20H2,1H3. The lowest BCUT2D eigenvalue weighted by Crippen LogP contribution is -2.15. The molecule has 2 rings (SSSR count). The summed E-state index contributed by atoms with van der Waals surface area (Å²) >= 11 is 0. The Hall–Kier alpha value is -3.09. The molecule has 10 heteroatoms. The van der Waals surface area contributed by atoms with Crippen LogP contribution in [-0.4, -0.2) is 17.6 Å². The third-order valence-corrected chi connectivity index (χ3v) is 2.97. The van der Waals surface area contributed by atoms with Crippen LogP contribution >= 0.6 is 0 Å². The summed E-state index contributed by atoms with van der Waals surface area (Å²) in [6, 6.07) is 1.52. The van der Waals surface area contributed by atoms with Gasteiger partial charge in [-0.15, -0.1) is 0 Å². The van der Waals surface area contributed by atoms with E-state index in [2.05, 4.69) is 4.74 Å². The van der Waals surface area contributed by atoms with E-state index in [0.717, 1.165) is 7.11 Å². The highest BCUT2D eigenvalue weighted by molar-refractivity contribution is 5.96. The maximum absolute atomic E-state index is 13.9. The van der Waals surface area contributed by atoms with E-state index in [9.17, 15) is 26.7 Å². The Bertz CT molecular complexity index is 841. The van der Waals surface area contributed by atoms with Crippen LogP contribution < -0.4 is 5.73 Å².